The molecule has 7 nitrogen and oxygen atoms in total. The van der Waals surface area contributed by atoms with Gasteiger partial charge in [-0.15, -0.1) is 0 Å². The zero-order chi connectivity index (χ0) is 23.5. The number of methoxy groups -OCH3 is 1. The third-order valence-corrected chi connectivity index (χ3v) is 5.45. The van der Waals surface area contributed by atoms with Gasteiger partial charge in [0, 0.05) is 5.69 Å². The average molecular weight is 483 g/mol. The van der Waals surface area contributed by atoms with Crippen LogP contribution in [0.1, 0.15) is 10.4 Å². The molecule has 3 aromatic carbocycles. The van der Waals surface area contributed by atoms with Crippen LogP contribution in [-0.4, -0.2) is 24.9 Å². The molecule has 0 saturated carbocycles. The van der Waals surface area contributed by atoms with Gasteiger partial charge in [-0.05, 0) is 48.5 Å². The molecule has 33 heavy (non-hydrogen) atoms. The summed E-state index contributed by atoms with van der Waals surface area (Å²) in [6.07, 6.45) is 0. The monoisotopic (exact) mass is 482 g/mol. The maximum absolute atomic E-state index is 13.0. The Labute approximate surface area is 199 Å². The summed E-state index contributed by atoms with van der Waals surface area (Å²) >= 11 is 12.2. The molecule has 0 fully saturated rings. The van der Waals surface area contributed by atoms with Crippen LogP contribution in [0.2, 0.25) is 5.02 Å². The van der Waals surface area contributed by atoms with E-state index in [4.69, 9.17) is 32.7 Å². The number of carbonyl (C=O) groups excluding carboxylic acids is 3. The molecule has 1 aliphatic rings. The molecule has 1 N–H and O–H groups in total. The second kappa shape index (κ2) is 9.36. The predicted octanol–water partition coefficient (Wildman–Crippen LogP) is 5.00. The molecule has 9 heteroatoms. The molecule has 3 aromatic rings. The SMILES string of the molecule is COc1ccccc1N1C(=O)C(Cl)=C(Nc2ccc(C(=O)Oc3ccccc3Cl)cc2)C1=O. The fraction of sp³-hybridized carbons (Fsp3) is 0.0417. The highest BCUT2D eigenvalue weighted by Crippen LogP contribution is 2.35. The number of nitrogens with one attached hydrogen (secondary N) is 1. The maximum Gasteiger partial charge on any atom is 0.343 e. The lowest BCUT2D eigenvalue weighted by Gasteiger charge is -2.17. The number of esters is 1. The highest BCUT2D eigenvalue weighted by molar-refractivity contribution is 6.53. The fourth-order valence-electron chi connectivity index (χ4n) is 3.16. The van der Waals surface area contributed by atoms with E-state index in [0.717, 1.165) is 4.90 Å². The maximum atomic E-state index is 13.0. The van der Waals surface area contributed by atoms with Crippen LogP contribution in [0.4, 0.5) is 11.4 Å². The van der Waals surface area contributed by atoms with Gasteiger partial charge in [0.15, 0.2) is 0 Å². The van der Waals surface area contributed by atoms with Gasteiger partial charge in [-0.3, -0.25) is 9.59 Å². The fourth-order valence-corrected chi connectivity index (χ4v) is 3.55. The topological polar surface area (TPSA) is 84.9 Å². The molecule has 0 bridgehead atoms. The van der Waals surface area contributed by atoms with Crippen molar-refractivity contribution in [3.63, 3.8) is 0 Å². The molecule has 0 aliphatic carbocycles. The lowest BCUT2D eigenvalue weighted by atomic mass is 10.2. The summed E-state index contributed by atoms with van der Waals surface area (Å²) in [7, 11) is 1.44. The Morgan fingerprint density at radius 1 is 0.848 bits per heavy atom. The van der Waals surface area contributed by atoms with Crippen molar-refractivity contribution < 1.29 is 23.9 Å². The first-order chi connectivity index (χ1) is 15.9. The first-order valence-electron chi connectivity index (χ1n) is 9.66. The third kappa shape index (κ3) is 4.41. The number of hydrogen-bond acceptors (Lipinski definition) is 6. The van der Waals surface area contributed by atoms with E-state index in [0.29, 0.717) is 16.5 Å². The van der Waals surface area contributed by atoms with Crippen molar-refractivity contribution in [1.29, 1.82) is 0 Å². The summed E-state index contributed by atoms with van der Waals surface area (Å²) in [6.45, 7) is 0. The Kier molecular flexibility index (Phi) is 6.35. The molecule has 1 heterocycles. The first-order valence-corrected chi connectivity index (χ1v) is 10.4. The Balaban J connectivity index is 1.51. The zero-order valence-corrected chi connectivity index (χ0v) is 18.7. The number of amides is 2. The van der Waals surface area contributed by atoms with Gasteiger partial charge in [-0.25, -0.2) is 9.69 Å². The van der Waals surface area contributed by atoms with Crippen molar-refractivity contribution in [3.05, 3.63) is 94.1 Å². The molecule has 0 unspecified atom stereocenters. The van der Waals surface area contributed by atoms with E-state index in [1.165, 1.54) is 19.2 Å². The lowest BCUT2D eigenvalue weighted by molar-refractivity contribution is -0.120. The Morgan fingerprint density at radius 3 is 2.15 bits per heavy atom. The van der Waals surface area contributed by atoms with Gasteiger partial charge in [0.05, 0.1) is 23.4 Å². The predicted molar refractivity (Wildman–Crippen MR) is 125 cm³/mol. The largest absolute Gasteiger partial charge is 0.495 e. The summed E-state index contributed by atoms with van der Waals surface area (Å²) in [5.41, 5.74) is 0.909. The van der Waals surface area contributed by atoms with Gasteiger partial charge in [-0.2, -0.15) is 0 Å². The van der Waals surface area contributed by atoms with E-state index in [1.807, 2.05) is 0 Å². The van der Waals surface area contributed by atoms with E-state index in [1.54, 1.807) is 60.7 Å². The van der Waals surface area contributed by atoms with Crippen LogP contribution in [0.3, 0.4) is 0 Å². The first kappa shape index (κ1) is 22.4. The summed E-state index contributed by atoms with van der Waals surface area (Å²) in [6, 6.07) is 19.4. The van der Waals surface area contributed by atoms with Gasteiger partial charge >= 0.3 is 5.97 Å². The van der Waals surface area contributed by atoms with E-state index >= 15 is 0 Å². The minimum atomic E-state index is -0.673. The highest BCUT2D eigenvalue weighted by atomic mass is 35.5. The van der Waals surface area contributed by atoms with Crippen molar-refractivity contribution in [3.8, 4) is 11.5 Å². The van der Waals surface area contributed by atoms with Crippen LogP contribution in [0.5, 0.6) is 11.5 Å². The number of halogens is 2. The lowest BCUT2D eigenvalue weighted by Crippen LogP contribution is -2.32. The van der Waals surface area contributed by atoms with Crippen LogP contribution in [0.25, 0.3) is 0 Å². The minimum Gasteiger partial charge on any atom is -0.495 e. The molecule has 0 spiro atoms. The normalized spacial score (nSPS) is 13.4. The molecule has 2 amide bonds. The van der Waals surface area contributed by atoms with Crippen molar-refractivity contribution in [2.45, 2.75) is 0 Å². The van der Waals surface area contributed by atoms with Crippen LogP contribution >= 0.6 is 23.2 Å². The van der Waals surface area contributed by atoms with Crippen molar-refractivity contribution in [2.24, 2.45) is 0 Å². The van der Waals surface area contributed by atoms with Gasteiger partial charge < -0.3 is 14.8 Å². The summed E-state index contributed by atoms with van der Waals surface area (Å²) < 4.78 is 10.5. The molecule has 0 aromatic heterocycles. The number of para-hydroxylation sites is 3. The third-order valence-electron chi connectivity index (χ3n) is 4.78. The van der Waals surface area contributed by atoms with E-state index in [2.05, 4.69) is 5.32 Å². The molecule has 4 rings (SSSR count). The molecule has 166 valence electrons. The number of nitrogens with zero attached hydrogens (tertiary/aromatic N) is 1. The summed E-state index contributed by atoms with van der Waals surface area (Å²) in [5, 5.41) is 2.91. The second-order valence-electron chi connectivity index (χ2n) is 6.83. The van der Waals surface area contributed by atoms with E-state index < -0.39 is 17.8 Å². The van der Waals surface area contributed by atoms with Crippen molar-refractivity contribution in [1.82, 2.24) is 0 Å². The Hall–Kier alpha value is -3.81. The second-order valence-corrected chi connectivity index (χ2v) is 7.61. The number of carbonyl (C=O) groups is 3. The number of benzene rings is 3. The van der Waals surface area contributed by atoms with Gasteiger partial charge in [0.1, 0.15) is 22.2 Å². The van der Waals surface area contributed by atoms with E-state index in [9.17, 15) is 14.4 Å². The Morgan fingerprint density at radius 2 is 1.48 bits per heavy atom. The minimum absolute atomic E-state index is 0.0843. The smallest absolute Gasteiger partial charge is 0.343 e. The van der Waals surface area contributed by atoms with Crippen LogP contribution in [-0.2, 0) is 9.59 Å². The number of hydrogen-bond donors (Lipinski definition) is 1. The number of anilines is 2. The number of rotatable bonds is 6. The quantitative estimate of drug-likeness (QED) is 0.302. The van der Waals surface area contributed by atoms with Gasteiger partial charge in [0.25, 0.3) is 11.8 Å². The van der Waals surface area contributed by atoms with Crippen LogP contribution in [0.15, 0.2) is 83.5 Å². The average Bonchev–Trinajstić information content (AvgIpc) is 3.04. The number of imide groups is 1. The van der Waals surface area contributed by atoms with Crippen molar-refractivity contribution in [2.75, 3.05) is 17.3 Å². The highest BCUT2D eigenvalue weighted by Gasteiger charge is 2.40. The summed E-state index contributed by atoms with van der Waals surface area (Å²) in [5.74, 6) is -1.30. The molecular formula is C24H16Cl2N2O5. The zero-order valence-electron chi connectivity index (χ0n) is 17.2. The molecule has 0 radical (unpaired) electrons. The molecule has 1 aliphatic heterocycles. The standard InChI is InChI=1S/C24H16Cl2N2O5/c1-32-19-9-5-3-7-17(19)28-22(29)20(26)21(23(28)30)27-15-12-10-14(11-13-15)24(31)33-18-8-4-2-6-16(18)25/h2-13,27H,1H3. The number of ether oxygens (including phenoxy) is 2. The Bertz CT molecular complexity index is 1290. The van der Waals surface area contributed by atoms with Crippen LogP contribution < -0.4 is 19.7 Å². The molecular weight excluding hydrogens is 467 g/mol. The molecule has 0 saturated heterocycles. The van der Waals surface area contributed by atoms with E-state index in [-0.39, 0.29) is 27.7 Å². The van der Waals surface area contributed by atoms with Gasteiger partial charge in [-0.1, -0.05) is 47.5 Å². The van der Waals surface area contributed by atoms with Gasteiger partial charge in [0.2, 0.25) is 0 Å². The van der Waals surface area contributed by atoms with Crippen LogP contribution in [0, 0.1) is 0 Å². The van der Waals surface area contributed by atoms with Crippen molar-refractivity contribution >= 4 is 52.4 Å². The summed E-state index contributed by atoms with van der Waals surface area (Å²) in [4.78, 5) is 39.0. The molecule has 0 atom stereocenters.